The van der Waals surface area contributed by atoms with Crippen molar-refractivity contribution in [3.05, 3.63) is 66.6 Å². The predicted molar refractivity (Wildman–Crippen MR) is 113 cm³/mol. The summed E-state index contributed by atoms with van der Waals surface area (Å²) < 4.78 is 5.43. The Balaban J connectivity index is 1.68. The molecule has 0 aliphatic rings. The van der Waals surface area contributed by atoms with E-state index in [9.17, 15) is 0 Å². The molecule has 0 radical (unpaired) electrons. The van der Waals surface area contributed by atoms with Gasteiger partial charge in [-0.25, -0.2) is 9.97 Å². The molecule has 0 saturated carbocycles. The van der Waals surface area contributed by atoms with Gasteiger partial charge >= 0.3 is 0 Å². The lowest BCUT2D eigenvalue weighted by Crippen LogP contribution is -2.03. The number of fused-ring (bicyclic) bond motifs is 1. The number of aromatic nitrogens is 3. The van der Waals surface area contributed by atoms with Crippen LogP contribution in [0.3, 0.4) is 0 Å². The van der Waals surface area contributed by atoms with E-state index in [1.165, 1.54) is 18.1 Å². The normalized spacial score (nSPS) is 10.8. The quantitative estimate of drug-likeness (QED) is 0.473. The fraction of sp³-hybridized carbons (Fsp3) is 0.0952. The summed E-state index contributed by atoms with van der Waals surface area (Å²) in [5.74, 6) is 1.26. The minimum atomic E-state index is 0.476. The number of methoxy groups -OCH3 is 1. The maximum absolute atomic E-state index is 6.38. The summed E-state index contributed by atoms with van der Waals surface area (Å²) in [7, 11) is 1.63. The Labute approximate surface area is 167 Å². The van der Waals surface area contributed by atoms with Gasteiger partial charge in [0, 0.05) is 16.5 Å². The highest BCUT2D eigenvalue weighted by Gasteiger charge is 2.13. The van der Waals surface area contributed by atoms with Crippen LogP contribution < -0.4 is 15.8 Å². The van der Waals surface area contributed by atoms with E-state index in [0.29, 0.717) is 16.5 Å². The number of para-hydroxylation sites is 1. The molecule has 0 unspecified atom stereocenters. The molecule has 4 rings (SSSR count). The smallest absolute Gasteiger partial charge is 0.158 e. The second-order valence-corrected chi connectivity index (χ2v) is 7.23. The van der Waals surface area contributed by atoms with E-state index in [2.05, 4.69) is 20.3 Å². The summed E-state index contributed by atoms with van der Waals surface area (Å²) in [5, 5.41) is 5.01. The molecule has 0 aliphatic carbocycles. The molecule has 2 aromatic heterocycles. The summed E-state index contributed by atoms with van der Waals surface area (Å²) in [5.41, 5.74) is 9.68. The molecule has 0 bridgehead atoms. The summed E-state index contributed by atoms with van der Waals surface area (Å²) in [6.45, 7) is 2.02. The fourth-order valence-corrected chi connectivity index (χ4v) is 3.80. The van der Waals surface area contributed by atoms with Crippen LogP contribution in [0.1, 0.15) is 5.56 Å². The number of ether oxygens (including phenoxy) is 1. The molecular weight excluding hydrogens is 370 g/mol. The minimum absolute atomic E-state index is 0.476. The van der Waals surface area contributed by atoms with Crippen LogP contribution in [0.25, 0.3) is 10.9 Å². The van der Waals surface area contributed by atoms with Crippen molar-refractivity contribution >= 4 is 39.9 Å². The fourth-order valence-electron chi connectivity index (χ4n) is 2.87. The number of pyridine rings is 1. The van der Waals surface area contributed by atoms with E-state index in [1.807, 2.05) is 55.5 Å². The van der Waals surface area contributed by atoms with Crippen molar-refractivity contribution in [1.29, 1.82) is 0 Å². The van der Waals surface area contributed by atoms with Crippen molar-refractivity contribution < 1.29 is 4.74 Å². The molecule has 0 saturated heterocycles. The highest BCUT2D eigenvalue weighted by Crippen LogP contribution is 2.37. The van der Waals surface area contributed by atoms with Crippen LogP contribution >= 0.6 is 11.8 Å². The van der Waals surface area contributed by atoms with Crippen LogP contribution in [0.2, 0.25) is 0 Å². The minimum Gasteiger partial charge on any atom is -0.495 e. The Hall–Kier alpha value is -3.32. The summed E-state index contributed by atoms with van der Waals surface area (Å²) in [6, 6.07) is 15.9. The first-order valence-corrected chi connectivity index (χ1v) is 9.51. The molecule has 0 spiro atoms. The Kier molecular flexibility index (Phi) is 4.99. The zero-order valence-corrected chi connectivity index (χ0v) is 16.3. The number of anilines is 3. The second-order valence-electron chi connectivity index (χ2n) is 6.20. The molecule has 0 atom stereocenters. The SMILES string of the molecule is COc1ccc(C)cc1Nc1ncnc(Sc2cccc3cccnc23)c1N. The van der Waals surface area contributed by atoms with Crippen LogP contribution in [0.15, 0.2) is 71.0 Å². The van der Waals surface area contributed by atoms with Crippen molar-refractivity contribution in [2.45, 2.75) is 16.8 Å². The third kappa shape index (κ3) is 3.57. The number of aryl methyl sites for hydroxylation is 1. The van der Waals surface area contributed by atoms with Gasteiger partial charge in [0.15, 0.2) is 5.82 Å². The highest BCUT2D eigenvalue weighted by atomic mass is 32.2. The van der Waals surface area contributed by atoms with E-state index in [1.54, 1.807) is 13.3 Å². The van der Waals surface area contributed by atoms with E-state index in [0.717, 1.165) is 32.8 Å². The van der Waals surface area contributed by atoms with Crippen LogP contribution in [0.5, 0.6) is 5.75 Å². The molecule has 0 amide bonds. The second kappa shape index (κ2) is 7.74. The average molecular weight is 389 g/mol. The van der Waals surface area contributed by atoms with Gasteiger partial charge in [0.2, 0.25) is 0 Å². The maximum atomic E-state index is 6.38. The molecule has 4 aromatic rings. The van der Waals surface area contributed by atoms with Gasteiger partial charge in [0.05, 0.1) is 18.3 Å². The lowest BCUT2D eigenvalue weighted by Gasteiger charge is -2.14. The first-order valence-electron chi connectivity index (χ1n) is 8.69. The third-order valence-corrected chi connectivity index (χ3v) is 5.33. The topological polar surface area (TPSA) is 86.0 Å². The Morgan fingerprint density at radius 1 is 1.04 bits per heavy atom. The highest BCUT2D eigenvalue weighted by molar-refractivity contribution is 7.99. The number of hydrogen-bond acceptors (Lipinski definition) is 7. The van der Waals surface area contributed by atoms with E-state index >= 15 is 0 Å². The van der Waals surface area contributed by atoms with E-state index in [-0.39, 0.29) is 0 Å². The molecule has 3 N–H and O–H groups in total. The molecule has 2 aromatic carbocycles. The molecule has 0 aliphatic heterocycles. The number of nitrogens with zero attached hydrogens (tertiary/aromatic N) is 3. The predicted octanol–water partition coefficient (Wildman–Crippen LogP) is 4.82. The van der Waals surface area contributed by atoms with Gasteiger partial charge in [0.25, 0.3) is 0 Å². The zero-order chi connectivity index (χ0) is 19.5. The van der Waals surface area contributed by atoms with Crippen molar-refractivity contribution in [2.24, 2.45) is 0 Å². The number of rotatable bonds is 5. The van der Waals surface area contributed by atoms with Crippen molar-refractivity contribution in [1.82, 2.24) is 15.0 Å². The van der Waals surface area contributed by atoms with Gasteiger partial charge in [-0.2, -0.15) is 0 Å². The van der Waals surface area contributed by atoms with Gasteiger partial charge < -0.3 is 15.8 Å². The molecule has 2 heterocycles. The number of nitrogens with one attached hydrogen (secondary N) is 1. The van der Waals surface area contributed by atoms with Gasteiger partial charge in [-0.15, -0.1) is 0 Å². The number of hydrogen-bond donors (Lipinski definition) is 2. The van der Waals surface area contributed by atoms with Crippen molar-refractivity contribution in [3.8, 4) is 5.75 Å². The lowest BCUT2D eigenvalue weighted by molar-refractivity contribution is 0.416. The molecule has 7 heteroatoms. The van der Waals surface area contributed by atoms with E-state index < -0.39 is 0 Å². The van der Waals surface area contributed by atoms with Gasteiger partial charge in [-0.3, -0.25) is 4.98 Å². The average Bonchev–Trinajstić information content (AvgIpc) is 2.71. The molecule has 6 nitrogen and oxygen atoms in total. The van der Waals surface area contributed by atoms with Crippen LogP contribution in [0.4, 0.5) is 17.2 Å². The van der Waals surface area contributed by atoms with Crippen LogP contribution in [-0.4, -0.2) is 22.1 Å². The van der Waals surface area contributed by atoms with Gasteiger partial charge in [0.1, 0.15) is 22.8 Å². The Bertz CT molecular complexity index is 1140. The standard InChI is InChI=1S/C21H19N5OS/c1-13-8-9-16(27-2)15(11-13)26-20-18(22)21(25-12-24-20)28-17-7-3-5-14-6-4-10-23-19(14)17/h3-12H,22H2,1-2H3,(H,24,25,26). The molecule has 0 fully saturated rings. The first-order chi connectivity index (χ1) is 13.7. The first kappa shape index (κ1) is 18.1. The zero-order valence-electron chi connectivity index (χ0n) is 15.5. The largest absolute Gasteiger partial charge is 0.495 e. The van der Waals surface area contributed by atoms with Gasteiger partial charge in [-0.05, 0) is 36.8 Å². The van der Waals surface area contributed by atoms with Crippen LogP contribution in [-0.2, 0) is 0 Å². The molecule has 28 heavy (non-hydrogen) atoms. The van der Waals surface area contributed by atoms with E-state index in [4.69, 9.17) is 10.5 Å². The Morgan fingerprint density at radius 3 is 2.75 bits per heavy atom. The summed E-state index contributed by atoms with van der Waals surface area (Å²) in [4.78, 5) is 14.2. The summed E-state index contributed by atoms with van der Waals surface area (Å²) in [6.07, 6.45) is 3.29. The third-order valence-electron chi connectivity index (χ3n) is 4.26. The Morgan fingerprint density at radius 2 is 1.89 bits per heavy atom. The van der Waals surface area contributed by atoms with Crippen LogP contribution in [0, 0.1) is 6.92 Å². The number of benzene rings is 2. The van der Waals surface area contributed by atoms with Crippen molar-refractivity contribution in [2.75, 3.05) is 18.2 Å². The lowest BCUT2D eigenvalue weighted by atomic mass is 10.2. The molecule has 140 valence electrons. The summed E-state index contributed by atoms with van der Waals surface area (Å²) >= 11 is 1.47. The molecular formula is C21H19N5OS. The maximum Gasteiger partial charge on any atom is 0.158 e. The monoisotopic (exact) mass is 389 g/mol. The van der Waals surface area contributed by atoms with Gasteiger partial charge in [-0.1, -0.05) is 36.0 Å². The number of nitrogen functional groups attached to an aromatic ring is 1. The van der Waals surface area contributed by atoms with Crippen molar-refractivity contribution in [3.63, 3.8) is 0 Å². The number of nitrogens with two attached hydrogens (primary N) is 1.